The van der Waals surface area contributed by atoms with Gasteiger partial charge in [-0.15, -0.1) is 24.8 Å². The van der Waals surface area contributed by atoms with Gasteiger partial charge in [0.15, 0.2) is 5.65 Å². The first-order valence-corrected chi connectivity index (χ1v) is 8.91. The highest BCUT2D eigenvalue weighted by Crippen LogP contribution is 2.25. The number of aromatic nitrogens is 3. The summed E-state index contributed by atoms with van der Waals surface area (Å²) in [6, 6.07) is 11.3. The summed E-state index contributed by atoms with van der Waals surface area (Å²) >= 11 is 6.00. The number of halogens is 3. The molecular formula is C19H24Cl3N5O. The average Bonchev–Trinajstić information content (AvgIpc) is 2.99. The van der Waals surface area contributed by atoms with Gasteiger partial charge in [-0.2, -0.15) is 0 Å². The third kappa shape index (κ3) is 6.07. The first kappa shape index (κ1) is 24.2. The number of aryl methyl sites for hydroxylation is 1. The second-order valence-corrected chi connectivity index (χ2v) is 6.78. The van der Waals surface area contributed by atoms with Crippen LogP contribution < -0.4 is 5.32 Å². The largest absolute Gasteiger partial charge is 0.355 e. The molecule has 2 heterocycles. The van der Waals surface area contributed by atoms with Gasteiger partial charge in [0.05, 0.1) is 0 Å². The Hall–Kier alpha value is -1.86. The molecule has 9 heteroatoms. The Bertz CT molecular complexity index is 896. The lowest BCUT2D eigenvalue weighted by Gasteiger charge is -2.11. The van der Waals surface area contributed by atoms with Gasteiger partial charge < -0.3 is 14.8 Å². The Balaban J connectivity index is 0.00000196. The second-order valence-electron chi connectivity index (χ2n) is 6.34. The number of imidazole rings is 1. The van der Waals surface area contributed by atoms with Crippen LogP contribution in [0.3, 0.4) is 0 Å². The SMILES string of the molecule is CN(C)CCNC(=O)CCn1c(-c2ccc(Cl)cc2)nc2cccnc21.Cl.Cl. The number of pyridine rings is 1. The fraction of sp³-hybridized carbons (Fsp3) is 0.316. The van der Waals surface area contributed by atoms with E-state index in [9.17, 15) is 4.79 Å². The predicted octanol–water partition coefficient (Wildman–Crippen LogP) is 3.66. The predicted molar refractivity (Wildman–Crippen MR) is 119 cm³/mol. The van der Waals surface area contributed by atoms with E-state index in [2.05, 4.69) is 10.3 Å². The fourth-order valence-electron chi connectivity index (χ4n) is 2.71. The van der Waals surface area contributed by atoms with Crippen molar-refractivity contribution in [3.63, 3.8) is 0 Å². The molecule has 28 heavy (non-hydrogen) atoms. The highest BCUT2D eigenvalue weighted by Gasteiger charge is 2.14. The average molecular weight is 445 g/mol. The number of hydrogen-bond acceptors (Lipinski definition) is 4. The van der Waals surface area contributed by atoms with E-state index < -0.39 is 0 Å². The van der Waals surface area contributed by atoms with Crippen LogP contribution >= 0.6 is 36.4 Å². The van der Waals surface area contributed by atoms with Gasteiger partial charge in [-0.25, -0.2) is 9.97 Å². The monoisotopic (exact) mass is 443 g/mol. The molecule has 1 aromatic carbocycles. The summed E-state index contributed by atoms with van der Waals surface area (Å²) in [6.07, 6.45) is 2.11. The summed E-state index contributed by atoms with van der Waals surface area (Å²) < 4.78 is 1.99. The zero-order valence-corrected chi connectivity index (χ0v) is 18.2. The Kier molecular flexibility index (Phi) is 9.69. The molecule has 0 aliphatic rings. The van der Waals surface area contributed by atoms with Crippen molar-refractivity contribution in [2.45, 2.75) is 13.0 Å². The highest BCUT2D eigenvalue weighted by atomic mass is 35.5. The number of nitrogens with zero attached hydrogens (tertiary/aromatic N) is 4. The lowest BCUT2D eigenvalue weighted by Crippen LogP contribution is -2.31. The van der Waals surface area contributed by atoms with Gasteiger partial charge >= 0.3 is 0 Å². The highest BCUT2D eigenvalue weighted by molar-refractivity contribution is 6.30. The fourth-order valence-corrected chi connectivity index (χ4v) is 2.84. The number of rotatable bonds is 7. The van der Waals surface area contributed by atoms with Crippen molar-refractivity contribution >= 4 is 53.5 Å². The van der Waals surface area contributed by atoms with E-state index in [1.807, 2.05) is 60.0 Å². The molecule has 0 bridgehead atoms. The topological polar surface area (TPSA) is 63.1 Å². The van der Waals surface area contributed by atoms with Crippen LogP contribution in [0.1, 0.15) is 6.42 Å². The second kappa shape index (κ2) is 11.2. The van der Waals surface area contributed by atoms with Crippen LogP contribution in [0.25, 0.3) is 22.6 Å². The lowest BCUT2D eigenvalue weighted by molar-refractivity contribution is -0.121. The first-order chi connectivity index (χ1) is 12.5. The van der Waals surface area contributed by atoms with Crippen molar-refractivity contribution in [2.24, 2.45) is 0 Å². The quantitative estimate of drug-likeness (QED) is 0.604. The maximum atomic E-state index is 12.1. The first-order valence-electron chi connectivity index (χ1n) is 8.53. The molecule has 0 saturated carbocycles. The van der Waals surface area contributed by atoms with Crippen LogP contribution in [0.2, 0.25) is 5.02 Å². The number of benzene rings is 1. The summed E-state index contributed by atoms with van der Waals surface area (Å²) in [5, 5.41) is 3.61. The van der Waals surface area contributed by atoms with Crippen molar-refractivity contribution in [1.82, 2.24) is 24.8 Å². The molecule has 6 nitrogen and oxygen atoms in total. The molecule has 0 spiro atoms. The van der Waals surface area contributed by atoms with E-state index >= 15 is 0 Å². The molecule has 1 N–H and O–H groups in total. The van der Waals surface area contributed by atoms with Crippen molar-refractivity contribution in [3.05, 3.63) is 47.6 Å². The third-order valence-corrected chi connectivity index (χ3v) is 4.30. The number of carbonyl (C=O) groups excluding carboxylic acids is 1. The Morgan fingerprint density at radius 1 is 1.18 bits per heavy atom. The maximum Gasteiger partial charge on any atom is 0.221 e. The van der Waals surface area contributed by atoms with Crippen molar-refractivity contribution in [3.8, 4) is 11.4 Å². The molecule has 0 fully saturated rings. The van der Waals surface area contributed by atoms with Gasteiger partial charge in [0.1, 0.15) is 11.3 Å². The van der Waals surface area contributed by atoms with Crippen LogP contribution in [0, 0.1) is 0 Å². The Morgan fingerprint density at radius 2 is 1.89 bits per heavy atom. The molecule has 0 radical (unpaired) electrons. The van der Waals surface area contributed by atoms with E-state index in [1.54, 1.807) is 6.20 Å². The summed E-state index contributed by atoms with van der Waals surface area (Å²) in [7, 11) is 3.96. The molecule has 0 saturated heterocycles. The van der Waals surface area contributed by atoms with Gasteiger partial charge in [-0.05, 0) is 50.5 Å². The number of fused-ring (bicyclic) bond motifs is 1. The number of amides is 1. The molecule has 0 aliphatic heterocycles. The number of likely N-dealkylation sites (N-methyl/N-ethyl adjacent to an activating group) is 1. The van der Waals surface area contributed by atoms with Crippen molar-refractivity contribution < 1.29 is 4.79 Å². The van der Waals surface area contributed by atoms with Crippen LogP contribution in [-0.4, -0.2) is 52.5 Å². The zero-order chi connectivity index (χ0) is 18.5. The molecule has 152 valence electrons. The van der Waals surface area contributed by atoms with E-state index in [-0.39, 0.29) is 30.7 Å². The summed E-state index contributed by atoms with van der Waals surface area (Å²) in [5.74, 6) is 0.808. The molecule has 0 aliphatic carbocycles. The molecule has 2 aromatic heterocycles. The van der Waals surface area contributed by atoms with Crippen molar-refractivity contribution in [1.29, 1.82) is 0 Å². The number of hydrogen-bond donors (Lipinski definition) is 1. The van der Waals surface area contributed by atoms with Crippen LogP contribution in [0.5, 0.6) is 0 Å². The normalized spacial score (nSPS) is 10.4. The molecule has 0 unspecified atom stereocenters. The number of carbonyl (C=O) groups is 1. The smallest absolute Gasteiger partial charge is 0.221 e. The van der Waals surface area contributed by atoms with Gasteiger partial charge in [0.2, 0.25) is 5.91 Å². The maximum absolute atomic E-state index is 12.1. The van der Waals surface area contributed by atoms with E-state index in [0.717, 1.165) is 29.1 Å². The summed E-state index contributed by atoms with van der Waals surface area (Å²) in [6.45, 7) is 1.97. The minimum Gasteiger partial charge on any atom is -0.355 e. The van der Waals surface area contributed by atoms with Crippen LogP contribution in [-0.2, 0) is 11.3 Å². The molecule has 3 rings (SSSR count). The minimum absolute atomic E-state index is 0. The van der Waals surface area contributed by atoms with Gasteiger partial charge in [-0.1, -0.05) is 11.6 Å². The lowest BCUT2D eigenvalue weighted by atomic mass is 10.2. The van der Waals surface area contributed by atoms with Gasteiger partial charge in [0, 0.05) is 42.8 Å². The van der Waals surface area contributed by atoms with E-state index in [4.69, 9.17) is 16.6 Å². The number of nitrogens with one attached hydrogen (secondary N) is 1. The van der Waals surface area contributed by atoms with Crippen LogP contribution in [0.4, 0.5) is 0 Å². The minimum atomic E-state index is 0. The Labute approximate surface area is 182 Å². The molecule has 1 amide bonds. The van der Waals surface area contributed by atoms with E-state index in [0.29, 0.717) is 24.5 Å². The van der Waals surface area contributed by atoms with Gasteiger partial charge in [0.25, 0.3) is 0 Å². The molecular weight excluding hydrogens is 421 g/mol. The summed E-state index contributed by atoms with van der Waals surface area (Å²) in [5.41, 5.74) is 2.53. The van der Waals surface area contributed by atoms with Crippen LogP contribution in [0.15, 0.2) is 42.6 Å². The van der Waals surface area contributed by atoms with Gasteiger partial charge in [-0.3, -0.25) is 4.79 Å². The zero-order valence-electron chi connectivity index (χ0n) is 15.8. The standard InChI is InChI=1S/C19H22ClN5O.2ClH/c1-24(2)13-11-21-17(26)9-12-25-18(14-5-7-15(20)8-6-14)23-16-4-3-10-22-19(16)25;;/h3-8,10H,9,11-13H2,1-2H3,(H,21,26);2*1H. The molecule has 0 atom stereocenters. The van der Waals surface area contributed by atoms with Crippen molar-refractivity contribution in [2.75, 3.05) is 27.2 Å². The Morgan fingerprint density at radius 3 is 2.57 bits per heavy atom. The summed E-state index contributed by atoms with van der Waals surface area (Å²) in [4.78, 5) is 23.3. The van der Waals surface area contributed by atoms with E-state index in [1.165, 1.54) is 0 Å². The molecule has 3 aromatic rings. The third-order valence-electron chi connectivity index (χ3n) is 4.05.